The molecule has 5 heteroatoms. The lowest BCUT2D eigenvalue weighted by atomic mass is 10.1. The fraction of sp³-hybridized carbons (Fsp3) is 0. The number of nitrogens with one attached hydrogen (secondary N) is 1. The first-order valence-corrected chi connectivity index (χ1v) is 5.25. The van der Waals surface area contributed by atoms with E-state index in [0.29, 0.717) is 5.82 Å². The molecule has 0 aliphatic carbocycles. The van der Waals surface area contributed by atoms with Gasteiger partial charge in [0, 0.05) is 17.1 Å². The van der Waals surface area contributed by atoms with E-state index in [1.807, 2.05) is 12.3 Å². The zero-order chi connectivity index (χ0) is 10.3. The number of aromatic nitrogens is 3. The van der Waals surface area contributed by atoms with Gasteiger partial charge >= 0.3 is 0 Å². The Labute approximate surface area is 89.9 Å². The average molecular weight is 216 g/mol. The van der Waals surface area contributed by atoms with E-state index in [2.05, 4.69) is 26.7 Å². The number of fused-ring (bicyclic) bond motifs is 1. The van der Waals surface area contributed by atoms with Crippen LogP contribution in [0.4, 0.5) is 5.82 Å². The van der Waals surface area contributed by atoms with Crippen LogP contribution in [-0.2, 0) is 0 Å². The van der Waals surface area contributed by atoms with Crippen LogP contribution in [0.2, 0.25) is 0 Å². The zero-order valence-corrected chi connectivity index (χ0v) is 8.58. The Balaban J connectivity index is 2.23. The van der Waals surface area contributed by atoms with E-state index in [9.17, 15) is 0 Å². The molecule has 0 saturated heterocycles. The van der Waals surface area contributed by atoms with Crippen molar-refractivity contribution in [1.82, 2.24) is 14.6 Å². The lowest BCUT2D eigenvalue weighted by molar-refractivity contribution is 1.10. The van der Waals surface area contributed by atoms with Crippen LogP contribution in [0.3, 0.4) is 0 Å². The standard InChI is InChI=1S/C10H8N4S/c11-10-8(5-12-14-10)6-1-2-9-7(3-6)4-13-15-9/h1-5H,(H3,11,12,14). The van der Waals surface area contributed by atoms with Crippen LogP contribution in [0.1, 0.15) is 0 Å². The number of rotatable bonds is 1. The minimum atomic E-state index is 0.595. The van der Waals surface area contributed by atoms with E-state index in [4.69, 9.17) is 5.73 Å². The van der Waals surface area contributed by atoms with E-state index in [-0.39, 0.29) is 0 Å². The van der Waals surface area contributed by atoms with Crippen molar-refractivity contribution in [3.8, 4) is 11.1 Å². The molecule has 0 bridgehead atoms. The van der Waals surface area contributed by atoms with Gasteiger partial charge < -0.3 is 5.73 Å². The second-order valence-electron chi connectivity index (χ2n) is 3.28. The number of H-pyrrole nitrogens is 1. The SMILES string of the molecule is Nc1[nH]ncc1-c1ccc2sncc2c1. The summed E-state index contributed by atoms with van der Waals surface area (Å²) in [6.07, 6.45) is 3.59. The number of nitrogens with two attached hydrogens (primary N) is 1. The van der Waals surface area contributed by atoms with E-state index < -0.39 is 0 Å². The second-order valence-corrected chi connectivity index (χ2v) is 4.11. The summed E-state index contributed by atoms with van der Waals surface area (Å²) < 4.78 is 5.31. The summed E-state index contributed by atoms with van der Waals surface area (Å²) in [4.78, 5) is 0. The Morgan fingerprint density at radius 1 is 1.27 bits per heavy atom. The summed E-state index contributed by atoms with van der Waals surface area (Å²) in [5.74, 6) is 0.595. The number of anilines is 1. The van der Waals surface area contributed by atoms with Crippen LogP contribution in [0.15, 0.2) is 30.6 Å². The third kappa shape index (κ3) is 1.28. The molecule has 0 saturated carbocycles. The van der Waals surface area contributed by atoms with Crippen LogP contribution >= 0.6 is 11.5 Å². The number of benzene rings is 1. The molecule has 74 valence electrons. The highest BCUT2D eigenvalue weighted by molar-refractivity contribution is 7.13. The summed E-state index contributed by atoms with van der Waals surface area (Å²) in [5, 5.41) is 7.76. The van der Waals surface area contributed by atoms with Crippen molar-refractivity contribution < 1.29 is 0 Å². The fourth-order valence-electron chi connectivity index (χ4n) is 1.57. The second kappa shape index (κ2) is 3.06. The van der Waals surface area contributed by atoms with Crippen molar-refractivity contribution in [2.45, 2.75) is 0 Å². The molecule has 0 aliphatic rings. The first kappa shape index (κ1) is 8.43. The predicted molar refractivity (Wildman–Crippen MR) is 61.6 cm³/mol. The van der Waals surface area contributed by atoms with Gasteiger partial charge in [-0.2, -0.15) is 9.47 Å². The number of nitrogens with zero attached hydrogens (tertiary/aromatic N) is 2. The van der Waals surface area contributed by atoms with Crippen LogP contribution in [0.5, 0.6) is 0 Å². The van der Waals surface area contributed by atoms with E-state index in [1.54, 1.807) is 6.20 Å². The zero-order valence-electron chi connectivity index (χ0n) is 7.77. The maximum Gasteiger partial charge on any atom is 0.126 e. The van der Waals surface area contributed by atoms with Crippen LogP contribution in [-0.4, -0.2) is 14.6 Å². The summed E-state index contributed by atoms with van der Waals surface area (Å²) in [5.41, 5.74) is 7.76. The van der Waals surface area contributed by atoms with Crippen molar-refractivity contribution >= 4 is 27.4 Å². The fourth-order valence-corrected chi connectivity index (χ4v) is 2.19. The third-order valence-corrected chi connectivity index (χ3v) is 3.11. The maximum absolute atomic E-state index is 5.76. The van der Waals surface area contributed by atoms with Gasteiger partial charge in [-0.05, 0) is 29.2 Å². The number of hydrogen-bond acceptors (Lipinski definition) is 4. The Bertz CT molecular complexity index is 610. The summed E-state index contributed by atoms with van der Waals surface area (Å²) in [7, 11) is 0. The molecule has 3 rings (SSSR count). The monoisotopic (exact) mass is 216 g/mol. The normalized spacial score (nSPS) is 10.9. The summed E-state index contributed by atoms with van der Waals surface area (Å²) in [6, 6.07) is 6.15. The smallest absolute Gasteiger partial charge is 0.126 e. The van der Waals surface area contributed by atoms with Gasteiger partial charge in [-0.3, -0.25) is 5.10 Å². The Morgan fingerprint density at radius 2 is 2.20 bits per heavy atom. The largest absolute Gasteiger partial charge is 0.384 e. The highest BCUT2D eigenvalue weighted by Crippen LogP contribution is 2.28. The van der Waals surface area contributed by atoms with Gasteiger partial charge in [-0.1, -0.05) is 6.07 Å². The molecule has 0 fully saturated rings. The van der Waals surface area contributed by atoms with Crippen LogP contribution in [0.25, 0.3) is 21.2 Å². The summed E-state index contributed by atoms with van der Waals surface area (Å²) in [6.45, 7) is 0. The number of aromatic amines is 1. The Morgan fingerprint density at radius 3 is 3.00 bits per heavy atom. The van der Waals surface area contributed by atoms with Gasteiger partial charge in [-0.15, -0.1) is 0 Å². The lowest BCUT2D eigenvalue weighted by Gasteiger charge is -1.98. The molecule has 3 aromatic rings. The first-order valence-electron chi connectivity index (χ1n) is 4.48. The molecule has 0 atom stereocenters. The van der Waals surface area contributed by atoms with Gasteiger partial charge in [-0.25, -0.2) is 0 Å². The van der Waals surface area contributed by atoms with Crippen molar-refractivity contribution in [3.63, 3.8) is 0 Å². The molecule has 0 amide bonds. The third-order valence-electron chi connectivity index (χ3n) is 2.33. The highest BCUT2D eigenvalue weighted by atomic mass is 32.1. The molecule has 0 radical (unpaired) electrons. The first-order chi connectivity index (χ1) is 7.34. The molecule has 3 N–H and O–H groups in total. The van der Waals surface area contributed by atoms with Gasteiger partial charge in [0.05, 0.1) is 10.9 Å². The molecule has 4 nitrogen and oxygen atoms in total. The van der Waals surface area contributed by atoms with Crippen LogP contribution < -0.4 is 5.73 Å². The minimum absolute atomic E-state index is 0.595. The van der Waals surface area contributed by atoms with Crippen LogP contribution in [0, 0.1) is 0 Å². The Kier molecular flexibility index (Phi) is 1.72. The molecule has 1 aromatic carbocycles. The average Bonchev–Trinajstić information content (AvgIpc) is 2.84. The van der Waals surface area contributed by atoms with Crippen molar-refractivity contribution in [1.29, 1.82) is 0 Å². The van der Waals surface area contributed by atoms with Crippen molar-refractivity contribution in [2.24, 2.45) is 0 Å². The minimum Gasteiger partial charge on any atom is -0.384 e. The highest BCUT2D eigenvalue weighted by Gasteiger charge is 2.05. The van der Waals surface area contributed by atoms with Gasteiger partial charge in [0.2, 0.25) is 0 Å². The topological polar surface area (TPSA) is 67.6 Å². The molecule has 2 heterocycles. The van der Waals surface area contributed by atoms with Crippen molar-refractivity contribution in [2.75, 3.05) is 5.73 Å². The quantitative estimate of drug-likeness (QED) is 0.655. The van der Waals surface area contributed by atoms with Crippen molar-refractivity contribution in [3.05, 3.63) is 30.6 Å². The van der Waals surface area contributed by atoms with E-state index in [0.717, 1.165) is 16.5 Å². The molecule has 15 heavy (non-hydrogen) atoms. The molecular weight excluding hydrogens is 208 g/mol. The van der Waals surface area contributed by atoms with E-state index >= 15 is 0 Å². The van der Waals surface area contributed by atoms with Gasteiger partial charge in [0.15, 0.2) is 0 Å². The Hall–Kier alpha value is -1.88. The summed E-state index contributed by atoms with van der Waals surface area (Å²) >= 11 is 1.49. The number of hydrogen-bond donors (Lipinski definition) is 2. The molecule has 0 spiro atoms. The predicted octanol–water partition coefficient (Wildman–Crippen LogP) is 2.27. The van der Waals surface area contributed by atoms with E-state index in [1.165, 1.54) is 16.2 Å². The molecular formula is C10H8N4S. The maximum atomic E-state index is 5.76. The molecule has 0 aliphatic heterocycles. The molecule has 2 aromatic heterocycles. The van der Waals surface area contributed by atoms with Gasteiger partial charge in [0.1, 0.15) is 5.82 Å². The van der Waals surface area contributed by atoms with Gasteiger partial charge in [0.25, 0.3) is 0 Å². The molecule has 0 unspecified atom stereocenters. The number of nitrogen functional groups attached to an aromatic ring is 1. The lowest BCUT2D eigenvalue weighted by Crippen LogP contribution is -1.87.